The van der Waals surface area contributed by atoms with E-state index in [-0.39, 0.29) is 17.8 Å². The summed E-state index contributed by atoms with van der Waals surface area (Å²) in [5, 5.41) is 10.1. The van der Waals surface area contributed by atoms with Crippen LogP contribution in [-0.2, 0) is 6.54 Å². The minimum Gasteiger partial charge on any atom is -0.392 e. The van der Waals surface area contributed by atoms with Crippen molar-refractivity contribution in [2.75, 3.05) is 13.1 Å². The Hall–Kier alpha value is -0.930. The fraction of sp³-hybridized carbons (Fsp3) is 0.625. The molecule has 1 N–H and O–H groups in total. The number of rotatable bonds is 7. The summed E-state index contributed by atoms with van der Waals surface area (Å²) >= 11 is 0. The van der Waals surface area contributed by atoms with Gasteiger partial charge in [-0.25, -0.2) is 4.39 Å². The van der Waals surface area contributed by atoms with Gasteiger partial charge in [0.1, 0.15) is 5.82 Å². The molecule has 1 atom stereocenters. The molecule has 3 heteroatoms. The first-order valence-electron chi connectivity index (χ1n) is 7.19. The second kappa shape index (κ2) is 6.49. The predicted octanol–water partition coefficient (Wildman–Crippen LogP) is 3.05. The molecule has 106 valence electrons. The van der Waals surface area contributed by atoms with E-state index in [0.717, 1.165) is 24.6 Å². The maximum atomic E-state index is 12.9. The molecule has 1 aliphatic rings. The third-order valence-corrected chi connectivity index (χ3v) is 3.75. The zero-order valence-electron chi connectivity index (χ0n) is 11.8. The lowest BCUT2D eigenvalue weighted by molar-refractivity contribution is 0.0711. The zero-order chi connectivity index (χ0) is 13.8. The second-order valence-electron chi connectivity index (χ2n) is 6.08. The van der Waals surface area contributed by atoms with E-state index in [1.165, 1.54) is 25.0 Å². The molecule has 1 aliphatic carbocycles. The molecule has 0 aromatic heterocycles. The van der Waals surface area contributed by atoms with Gasteiger partial charge in [-0.2, -0.15) is 0 Å². The van der Waals surface area contributed by atoms with Crippen molar-refractivity contribution in [2.45, 2.75) is 39.3 Å². The summed E-state index contributed by atoms with van der Waals surface area (Å²) < 4.78 is 12.9. The Morgan fingerprint density at radius 1 is 1.26 bits per heavy atom. The molecule has 2 nitrogen and oxygen atoms in total. The SMILES string of the molecule is CC(C)[C@@H](O)CN(Cc1ccc(F)cc1)CC1CC1. The molecule has 19 heavy (non-hydrogen) atoms. The first kappa shape index (κ1) is 14.5. The van der Waals surface area contributed by atoms with Crippen molar-refractivity contribution in [3.05, 3.63) is 35.6 Å². The Labute approximate surface area is 115 Å². The summed E-state index contributed by atoms with van der Waals surface area (Å²) in [5.74, 6) is 0.870. The number of nitrogens with zero attached hydrogens (tertiary/aromatic N) is 1. The molecule has 0 radical (unpaired) electrons. The van der Waals surface area contributed by atoms with Crippen LogP contribution in [0.15, 0.2) is 24.3 Å². The van der Waals surface area contributed by atoms with E-state index in [4.69, 9.17) is 0 Å². The van der Waals surface area contributed by atoms with E-state index < -0.39 is 0 Å². The lowest BCUT2D eigenvalue weighted by atomic mass is 10.1. The molecule has 1 saturated carbocycles. The highest BCUT2D eigenvalue weighted by Crippen LogP contribution is 2.30. The molecule has 2 rings (SSSR count). The minimum absolute atomic E-state index is 0.195. The van der Waals surface area contributed by atoms with Gasteiger partial charge in [-0.3, -0.25) is 4.90 Å². The predicted molar refractivity (Wildman–Crippen MR) is 75.2 cm³/mol. The lowest BCUT2D eigenvalue weighted by Gasteiger charge is -2.26. The topological polar surface area (TPSA) is 23.5 Å². The standard InChI is InChI=1S/C16H24FNO/c1-12(2)16(19)11-18(9-13-3-4-13)10-14-5-7-15(17)8-6-14/h5-8,12-13,16,19H,3-4,9-11H2,1-2H3/t16-/m0/s1. The highest BCUT2D eigenvalue weighted by atomic mass is 19.1. The molecular formula is C16H24FNO. The molecular weight excluding hydrogens is 241 g/mol. The van der Waals surface area contributed by atoms with Gasteiger partial charge in [0.2, 0.25) is 0 Å². The normalized spacial score (nSPS) is 17.2. The van der Waals surface area contributed by atoms with Crippen molar-refractivity contribution < 1.29 is 9.50 Å². The maximum absolute atomic E-state index is 12.9. The van der Waals surface area contributed by atoms with Crippen molar-refractivity contribution in [1.82, 2.24) is 4.90 Å². The average molecular weight is 265 g/mol. The molecule has 0 unspecified atom stereocenters. The number of aliphatic hydroxyl groups is 1. The first-order chi connectivity index (χ1) is 9.04. The molecule has 1 aromatic carbocycles. The fourth-order valence-electron chi connectivity index (χ4n) is 2.19. The Morgan fingerprint density at radius 2 is 1.89 bits per heavy atom. The van der Waals surface area contributed by atoms with Crippen molar-refractivity contribution in [1.29, 1.82) is 0 Å². The lowest BCUT2D eigenvalue weighted by Crippen LogP contribution is -2.36. The molecule has 0 saturated heterocycles. The van der Waals surface area contributed by atoms with Crippen LogP contribution in [0.5, 0.6) is 0 Å². The number of halogens is 1. The van der Waals surface area contributed by atoms with Crippen molar-refractivity contribution >= 4 is 0 Å². The smallest absolute Gasteiger partial charge is 0.123 e. The first-order valence-corrected chi connectivity index (χ1v) is 7.19. The van der Waals surface area contributed by atoms with Gasteiger partial charge in [0.15, 0.2) is 0 Å². The van der Waals surface area contributed by atoms with Crippen LogP contribution < -0.4 is 0 Å². The van der Waals surface area contributed by atoms with Crippen LogP contribution in [0.25, 0.3) is 0 Å². The largest absolute Gasteiger partial charge is 0.392 e. The summed E-state index contributed by atoms with van der Waals surface area (Å²) in [4.78, 5) is 2.30. The minimum atomic E-state index is -0.292. The highest BCUT2D eigenvalue weighted by molar-refractivity contribution is 5.16. The average Bonchev–Trinajstić information content (AvgIpc) is 3.15. The summed E-state index contributed by atoms with van der Waals surface area (Å²) in [6.07, 6.45) is 2.31. The van der Waals surface area contributed by atoms with Gasteiger partial charge in [0.25, 0.3) is 0 Å². The van der Waals surface area contributed by atoms with Crippen LogP contribution in [0.4, 0.5) is 4.39 Å². The van der Waals surface area contributed by atoms with Crippen molar-refractivity contribution in [3.8, 4) is 0 Å². The highest BCUT2D eigenvalue weighted by Gasteiger charge is 2.25. The number of benzene rings is 1. The fourth-order valence-corrected chi connectivity index (χ4v) is 2.19. The maximum Gasteiger partial charge on any atom is 0.123 e. The van der Waals surface area contributed by atoms with Gasteiger partial charge in [-0.1, -0.05) is 26.0 Å². The second-order valence-corrected chi connectivity index (χ2v) is 6.08. The van der Waals surface area contributed by atoms with E-state index in [1.807, 2.05) is 26.0 Å². The van der Waals surface area contributed by atoms with Gasteiger partial charge in [-0.05, 0) is 42.4 Å². The van der Waals surface area contributed by atoms with Crippen LogP contribution in [0.1, 0.15) is 32.3 Å². The summed E-state index contributed by atoms with van der Waals surface area (Å²) in [7, 11) is 0. The molecule has 1 aromatic rings. The monoisotopic (exact) mass is 265 g/mol. The van der Waals surface area contributed by atoms with E-state index in [2.05, 4.69) is 4.90 Å². The van der Waals surface area contributed by atoms with Gasteiger partial charge < -0.3 is 5.11 Å². The molecule has 0 bridgehead atoms. The number of aliphatic hydroxyl groups excluding tert-OH is 1. The number of hydrogen-bond donors (Lipinski definition) is 1. The van der Waals surface area contributed by atoms with Gasteiger partial charge in [0.05, 0.1) is 6.10 Å². The van der Waals surface area contributed by atoms with E-state index in [9.17, 15) is 9.50 Å². The molecule has 0 spiro atoms. The van der Waals surface area contributed by atoms with Gasteiger partial charge in [-0.15, -0.1) is 0 Å². The van der Waals surface area contributed by atoms with Crippen LogP contribution in [0, 0.1) is 17.7 Å². The van der Waals surface area contributed by atoms with Gasteiger partial charge in [0, 0.05) is 19.6 Å². The number of hydrogen-bond acceptors (Lipinski definition) is 2. The molecule has 0 amide bonds. The Kier molecular flexibility index (Phi) is 4.94. The Balaban J connectivity index is 1.94. The van der Waals surface area contributed by atoms with Crippen molar-refractivity contribution in [3.63, 3.8) is 0 Å². The quantitative estimate of drug-likeness (QED) is 0.819. The van der Waals surface area contributed by atoms with E-state index >= 15 is 0 Å². The molecule has 0 aliphatic heterocycles. The van der Waals surface area contributed by atoms with Crippen LogP contribution in [0.3, 0.4) is 0 Å². The third-order valence-electron chi connectivity index (χ3n) is 3.75. The summed E-state index contributed by atoms with van der Waals surface area (Å²) in [6, 6.07) is 6.67. The van der Waals surface area contributed by atoms with E-state index in [0.29, 0.717) is 6.54 Å². The Bertz CT molecular complexity index is 386. The summed E-state index contributed by atoms with van der Waals surface area (Å²) in [6.45, 7) is 6.61. The molecule has 0 heterocycles. The van der Waals surface area contributed by atoms with Crippen LogP contribution in [0.2, 0.25) is 0 Å². The van der Waals surface area contributed by atoms with Crippen molar-refractivity contribution in [2.24, 2.45) is 11.8 Å². The zero-order valence-corrected chi connectivity index (χ0v) is 11.8. The Morgan fingerprint density at radius 3 is 2.42 bits per heavy atom. The van der Waals surface area contributed by atoms with E-state index in [1.54, 1.807) is 0 Å². The van der Waals surface area contributed by atoms with Crippen LogP contribution in [-0.4, -0.2) is 29.2 Å². The third kappa shape index (κ3) is 4.92. The summed E-state index contributed by atoms with van der Waals surface area (Å²) in [5.41, 5.74) is 1.11. The molecule has 1 fully saturated rings. The van der Waals surface area contributed by atoms with Crippen LogP contribution >= 0.6 is 0 Å². The van der Waals surface area contributed by atoms with Gasteiger partial charge >= 0.3 is 0 Å².